The molecule has 0 saturated heterocycles. The lowest BCUT2D eigenvalue weighted by atomic mass is 9.81. The second kappa shape index (κ2) is 45.0. The lowest BCUT2D eigenvalue weighted by Gasteiger charge is -2.30. The van der Waals surface area contributed by atoms with E-state index in [-0.39, 0.29) is 93.5 Å². The number of aromatic nitrogens is 13. The van der Waals surface area contributed by atoms with E-state index < -0.39 is 28.7 Å². The lowest BCUT2D eigenvalue weighted by Crippen LogP contribution is -2.43. The smallest absolute Gasteiger partial charge is 0.402 e. The molecule has 9 N–H and O–H groups in total. The lowest BCUT2D eigenvalue weighted by molar-refractivity contribution is -0.208. The van der Waals surface area contributed by atoms with Gasteiger partial charge in [-0.3, -0.25) is 60.7 Å². The maximum atomic E-state index is 13.1. The van der Waals surface area contributed by atoms with E-state index in [0.717, 1.165) is 185 Å². The Balaban J connectivity index is 0.000000148. The molecule has 5 aliphatic carbocycles. The molecule has 0 radical (unpaired) electrons. The first kappa shape index (κ1) is 112. The molecule has 148 heavy (non-hydrogen) atoms. The van der Waals surface area contributed by atoms with Crippen molar-refractivity contribution in [2.45, 2.75) is 350 Å². The highest BCUT2D eigenvalue weighted by Crippen LogP contribution is 2.47. The Bertz CT molecular complexity index is 6980. The summed E-state index contributed by atoms with van der Waals surface area (Å²) < 4.78 is 62.0. The summed E-state index contributed by atoms with van der Waals surface area (Å²) in [5, 5.41) is 51.4. The molecule has 0 unspecified atom stereocenters. The molecule has 34 heteroatoms. The summed E-state index contributed by atoms with van der Waals surface area (Å²) in [6, 6.07) is 37.8. The average molecular weight is 2040 g/mol. The van der Waals surface area contributed by atoms with Gasteiger partial charge in [0.05, 0.1) is 102 Å². The van der Waals surface area contributed by atoms with Crippen LogP contribution in [0.15, 0.2) is 120 Å². The van der Waals surface area contributed by atoms with E-state index in [2.05, 4.69) is 141 Å². The van der Waals surface area contributed by atoms with E-state index in [1.807, 2.05) is 190 Å². The quantitative estimate of drug-likeness (QED) is 0.0254. The van der Waals surface area contributed by atoms with Crippen LogP contribution < -0.4 is 31.9 Å². The Morgan fingerprint density at radius 3 is 1.08 bits per heavy atom. The number of carbonyl (C=O) groups excluding carboxylic acids is 7. The molecule has 798 valence electrons. The minimum atomic E-state index is -4.62. The van der Waals surface area contributed by atoms with Crippen LogP contribution in [0.3, 0.4) is 0 Å². The fourth-order valence-corrected chi connectivity index (χ4v) is 17.8. The number of aryl methyl sites for hydroxylation is 3. The summed E-state index contributed by atoms with van der Waals surface area (Å²) in [6.07, 6.45) is 13.1. The number of aliphatic hydroxyl groups excluding tert-OH is 1. The number of alkyl halides is 3. The van der Waals surface area contributed by atoms with Crippen LogP contribution in [0, 0.1) is 65.6 Å². The van der Waals surface area contributed by atoms with Crippen molar-refractivity contribution in [1.29, 1.82) is 0 Å². The second-order valence-electron chi connectivity index (χ2n) is 47.5. The third-order valence-corrected chi connectivity index (χ3v) is 28.5. The van der Waals surface area contributed by atoms with Gasteiger partial charge in [0.2, 0.25) is 77.0 Å². The molecule has 2 atom stereocenters. The topological polar surface area (TPSA) is 395 Å². The molecular formula is C114H154F3N19O12. The monoisotopic (exact) mass is 2040 g/mol. The minimum absolute atomic E-state index is 0.00392. The molecule has 5 aliphatic rings. The number of ether oxygens (including phenoxy) is 1. The number of anilines is 6. The summed E-state index contributed by atoms with van der Waals surface area (Å²) in [5.74, 6) is 2.12. The van der Waals surface area contributed by atoms with Gasteiger partial charge in [-0.1, -0.05) is 146 Å². The molecule has 0 spiro atoms. The number of hydrogen-bond donors (Lipinski definition) is 9. The Morgan fingerprint density at radius 2 is 0.743 bits per heavy atom. The summed E-state index contributed by atoms with van der Waals surface area (Å²) in [4.78, 5) is 114. The van der Waals surface area contributed by atoms with Gasteiger partial charge in [-0.15, -0.1) is 0 Å². The first-order valence-electron chi connectivity index (χ1n) is 52.3. The van der Waals surface area contributed by atoms with Gasteiger partial charge in [-0.25, -0.2) is 39.3 Å². The van der Waals surface area contributed by atoms with E-state index in [4.69, 9.17) is 9.26 Å². The maximum Gasteiger partial charge on any atom is 0.402 e. The summed E-state index contributed by atoms with van der Waals surface area (Å²) in [5.41, 5.74) is 11.7. The van der Waals surface area contributed by atoms with Gasteiger partial charge in [-0.2, -0.15) is 13.2 Å². The SMILES string of the molecule is CC(C)(C)CC(=O)Nc1nc2ccc(C(C)(C)O)cc2n1C1CCC1.CC(C)(C)CC(=O)Nc1nc2ccc(CO)cc2n1C1CCC1.CC(C)[C@H](C)C(=O)Nc1nc2ccc(C(C)(C)O)cc2n1C1CCC1.CCOC(=O)c1ccc2nc(NC(=O)CC(C)(C)C)n(C3CCC3)c2c1.Cc1ccc2nc(NC(=O)C(C)(C)C(F)(F)F)n(C3CCC3)c2c1.Cc1ccc2nc(NC(=O)[C@@H](C)C(C)(C)C)n(-c3cc(C)no3)c2c1. The fraction of sp³-hybridized carbons (Fsp3) is 0.544. The van der Waals surface area contributed by atoms with E-state index in [9.17, 15) is 62.1 Å². The zero-order valence-corrected chi connectivity index (χ0v) is 91.2. The molecule has 5 fully saturated rings. The molecule has 13 aromatic rings. The number of amides is 6. The van der Waals surface area contributed by atoms with Gasteiger partial charge in [0, 0.05) is 67.4 Å². The molecule has 6 amide bonds. The first-order chi connectivity index (χ1) is 69.1. The number of fused-ring (bicyclic) bond motifs is 6. The van der Waals surface area contributed by atoms with Crippen LogP contribution in [0.4, 0.5) is 48.9 Å². The number of benzene rings is 6. The van der Waals surface area contributed by atoms with Gasteiger partial charge in [-0.05, 0) is 300 Å². The summed E-state index contributed by atoms with van der Waals surface area (Å²) in [6.45, 7) is 49.4. The highest BCUT2D eigenvalue weighted by molar-refractivity contribution is 6.00. The summed E-state index contributed by atoms with van der Waals surface area (Å²) in [7, 11) is 0. The zero-order valence-electron chi connectivity index (χ0n) is 91.2. The third-order valence-electron chi connectivity index (χ3n) is 28.5. The van der Waals surface area contributed by atoms with Crippen molar-refractivity contribution in [2.24, 2.45) is 44.8 Å². The van der Waals surface area contributed by atoms with Crippen molar-refractivity contribution in [3.63, 3.8) is 0 Å². The van der Waals surface area contributed by atoms with E-state index in [1.165, 1.54) is 19.3 Å². The highest BCUT2D eigenvalue weighted by atomic mass is 19.4. The third kappa shape index (κ3) is 27.1. The highest BCUT2D eigenvalue weighted by Gasteiger charge is 2.53. The number of aliphatic hydroxyl groups is 3. The number of esters is 1. The van der Waals surface area contributed by atoms with Crippen LogP contribution in [0.5, 0.6) is 0 Å². The van der Waals surface area contributed by atoms with Crippen LogP contribution in [-0.4, -0.2) is 132 Å². The predicted octanol–water partition coefficient (Wildman–Crippen LogP) is 25.4. The molecule has 5 saturated carbocycles. The van der Waals surface area contributed by atoms with E-state index in [0.29, 0.717) is 96.7 Å². The van der Waals surface area contributed by atoms with Crippen LogP contribution >= 0.6 is 0 Å². The molecule has 7 aromatic heterocycles. The molecule has 0 bridgehead atoms. The molecule has 0 aliphatic heterocycles. The van der Waals surface area contributed by atoms with Crippen LogP contribution in [0.2, 0.25) is 0 Å². The number of imidazole rings is 6. The Morgan fingerprint density at radius 1 is 0.412 bits per heavy atom. The second-order valence-corrected chi connectivity index (χ2v) is 47.5. The Hall–Kier alpha value is -12.7. The number of rotatable bonds is 24. The fourth-order valence-electron chi connectivity index (χ4n) is 17.8. The largest absolute Gasteiger partial charge is 0.462 e. The van der Waals surface area contributed by atoms with Gasteiger partial charge < -0.3 is 47.4 Å². The number of halogens is 3. The van der Waals surface area contributed by atoms with Gasteiger partial charge in [0.15, 0.2) is 0 Å². The Labute approximate surface area is 865 Å². The van der Waals surface area contributed by atoms with Crippen LogP contribution in [0.1, 0.15) is 349 Å². The number of hydrogen-bond acceptors (Lipinski definition) is 19. The average Bonchev–Trinajstić information content (AvgIpc) is 1.64. The number of nitrogens with zero attached hydrogens (tertiary/aromatic N) is 13. The van der Waals surface area contributed by atoms with Gasteiger partial charge in [0.25, 0.3) is 0 Å². The van der Waals surface area contributed by atoms with Crippen molar-refractivity contribution in [1.82, 2.24) is 62.5 Å². The van der Waals surface area contributed by atoms with Gasteiger partial charge >= 0.3 is 12.1 Å². The zero-order chi connectivity index (χ0) is 108. The molecular weight excluding hydrogens is 1880 g/mol. The normalized spacial score (nSPS) is 15.5. The summed E-state index contributed by atoms with van der Waals surface area (Å²) >= 11 is 0. The van der Waals surface area contributed by atoms with Crippen molar-refractivity contribution in [3.8, 4) is 5.88 Å². The Kier molecular flexibility index (Phi) is 34.2. The van der Waals surface area contributed by atoms with Gasteiger partial charge in [0.1, 0.15) is 5.41 Å². The number of carbonyl (C=O) groups is 7. The maximum absolute atomic E-state index is 13.1. The van der Waals surface area contributed by atoms with E-state index >= 15 is 0 Å². The first-order valence-corrected chi connectivity index (χ1v) is 52.3. The number of nitrogens with one attached hydrogen (secondary N) is 6. The van der Waals surface area contributed by atoms with Crippen LogP contribution in [0.25, 0.3) is 72.1 Å². The van der Waals surface area contributed by atoms with Crippen LogP contribution in [-0.2, 0) is 51.3 Å². The molecule has 31 nitrogen and oxygen atoms in total. The standard InChI is InChI=1S/C20H27N3O3.2C20H29N3O2.C19H24N4O2.C18H25N3O2.C17H20F3N3O/c1-5-26-18(25)13-9-10-15-16(11-13)23(14-7-6-8-14)19(21-15)22-17(24)12-20(2,3)4;1-19(2,3)12-17(24)22-18-21-15-10-9-13(20(4,5)25)11-16(15)23(18)14-7-6-8-14;1-12(2)13(3)18(24)22-19-21-16-10-9-14(20(4,5)25)11-17(16)23(19)15-7-6-8-15;1-11-7-8-14-15(9-11)23(16-10-12(2)22-25-16)18(20-14)21-17(24)13(3)19(4,5)6;1-18(2,3)10-16(23)20-17-19-14-8-7-12(11-22)9-15(14)21(17)13-5-4-6-13;1-10-7-8-12-13(9-10)23(11-5-4-6-11)15(21-12)22-14(24)16(2,3)17(18,19)20/h9-11,14H,5-8,12H2,1-4H3,(H,21,22,24);9-11,14,25H,6-8,12H2,1-5H3,(H,21,22,24);9-13,15,25H,6-8H2,1-5H3,(H,21,22,24);7-10,13H,1-6H3,(H,20,21,24);7-9,13,22H,4-6,10-11H2,1-3H3,(H,19,20,23);7-9,11H,4-6H2,1-3H3,(H,21,22,24)/t;;2*13-;;/m..01../s1. The molecule has 7 heterocycles. The van der Waals surface area contributed by atoms with E-state index in [1.54, 1.807) is 45.3 Å². The predicted molar refractivity (Wildman–Crippen MR) is 577 cm³/mol. The molecule has 6 aromatic carbocycles. The van der Waals surface area contributed by atoms with Crippen molar-refractivity contribution in [3.05, 3.63) is 154 Å². The van der Waals surface area contributed by atoms with Crippen molar-refractivity contribution < 1.29 is 71.3 Å². The van der Waals surface area contributed by atoms with Crippen molar-refractivity contribution >= 4 is 143 Å². The van der Waals surface area contributed by atoms with Crippen molar-refractivity contribution in [2.75, 3.05) is 38.5 Å². The minimum Gasteiger partial charge on any atom is -0.462 e. The molecule has 18 rings (SSSR count).